The van der Waals surface area contributed by atoms with Crippen LogP contribution in [0.1, 0.15) is 12.5 Å². The molecule has 2 rings (SSSR count). The maximum atomic E-state index is 12.8. The number of anilines is 1. The second-order valence-corrected chi connectivity index (χ2v) is 4.97. The molecule has 0 radical (unpaired) electrons. The standard InChI is InChI=1S/C19H18FNO4/c1-2-24-17-6-4-3-5-16(17)21-18(22)13-25-19(23)12-9-14-7-10-15(20)11-8-14/h3-12H,2,13H2,1H3,(H,21,22). The van der Waals surface area contributed by atoms with Crippen molar-refractivity contribution in [3.63, 3.8) is 0 Å². The molecular formula is C19H18FNO4. The first kappa shape index (κ1) is 18.2. The van der Waals surface area contributed by atoms with Crippen molar-refractivity contribution in [2.45, 2.75) is 6.92 Å². The van der Waals surface area contributed by atoms with Gasteiger partial charge in [0.1, 0.15) is 11.6 Å². The van der Waals surface area contributed by atoms with E-state index in [1.807, 2.05) is 6.92 Å². The van der Waals surface area contributed by atoms with Gasteiger partial charge in [-0.1, -0.05) is 24.3 Å². The van der Waals surface area contributed by atoms with E-state index in [0.717, 1.165) is 0 Å². The first-order valence-electron chi connectivity index (χ1n) is 7.70. The molecule has 0 aromatic heterocycles. The highest BCUT2D eigenvalue weighted by Gasteiger charge is 2.09. The Morgan fingerprint density at radius 3 is 2.56 bits per heavy atom. The molecule has 25 heavy (non-hydrogen) atoms. The molecule has 0 fully saturated rings. The molecule has 0 saturated carbocycles. The van der Waals surface area contributed by atoms with Crippen LogP contribution in [0.4, 0.5) is 10.1 Å². The first-order valence-corrected chi connectivity index (χ1v) is 7.70. The predicted molar refractivity (Wildman–Crippen MR) is 92.6 cm³/mol. The average Bonchev–Trinajstić information content (AvgIpc) is 2.61. The molecule has 130 valence electrons. The Bertz CT molecular complexity index is 756. The van der Waals surface area contributed by atoms with Gasteiger partial charge >= 0.3 is 5.97 Å². The highest BCUT2D eigenvalue weighted by molar-refractivity contribution is 5.95. The summed E-state index contributed by atoms with van der Waals surface area (Å²) in [7, 11) is 0. The largest absolute Gasteiger partial charge is 0.492 e. The Morgan fingerprint density at radius 1 is 1.12 bits per heavy atom. The Labute approximate surface area is 145 Å². The topological polar surface area (TPSA) is 64.6 Å². The van der Waals surface area contributed by atoms with Crippen molar-refractivity contribution < 1.29 is 23.5 Å². The Kier molecular flexibility index (Phi) is 6.71. The van der Waals surface area contributed by atoms with E-state index in [2.05, 4.69) is 5.32 Å². The Balaban J connectivity index is 1.83. The highest BCUT2D eigenvalue weighted by Crippen LogP contribution is 2.23. The number of ether oxygens (including phenoxy) is 2. The van der Waals surface area contributed by atoms with Crippen LogP contribution in [0.3, 0.4) is 0 Å². The summed E-state index contributed by atoms with van der Waals surface area (Å²) in [5, 5.41) is 2.62. The Morgan fingerprint density at radius 2 is 1.84 bits per heavy atom. The zero-order chi connectivity index (χ0) is 18.1. The minimum Gasteiger partial charge on any atom is -0.492 e. The lowest BCUT2D eigenvalue weighted by molar-refractivity contribution is -0.142. The molecule has 5 nitrogen and oxygen atoms in total. The molecule has 0 aliphatic carbocycles. The third kappa shape index (κ3) is 6.10. The van der Waals surface area contributed by atoms with Gasteiger partial charge in [0.2, 0.25) is 0 Å². The first-order chi connectivity index (χ1) is 12.1. The maximum absolute atomic E-state index is 12.8. The minimum absolute atomic E-state index is 0.358. The summed E-state index contributed by atoms with van der Waals surface area (Å²) in [5.41, 5.74) is 1.15. The normalized spacial score (nSPS) is 10.5. The lowest BCUT2D eigenvalue weighted by atomic mass is 10.2. The van der Waals surface area contributed by atoms with Gasteiger partial charge in [-0.05, 0) is 42.8 Å². The molecule has 0 bridgehead atoms. The molecule has 0 atom stereocenters. The molecule has 1 N–H and O–H groups in total. The van der Waals surface area contributed by atoms with Gasteiger partial charge in [-0.3, -0.25) is 4.79 Å². The van der Waals surface area contributed by atoms with Gasteiger partial charge < -0.3 is 14.8 Å². The molecular weight excluding hydrogens is 325 g/mol. The summed E-state index contributed by atoms with van der Waals surface area (Å²) in [6.07, 6.45) is 2.65. The van der Waals surface area contributed by atoms with E-state index in [1.165, 1.54) is 36.4 Å². The summed E-state index contributed by atoms with van der Waals surface area (Å²) in [6.45, 7) is 1.89. The number of rotatable bonds is 7. The third-order valence-corrected chi connectivity index (χ3v) is 3.09. The van der Waals surface area contributed by atoms with Crippen molar-refractivity contribution in [2.75, 3.05) is 18.5 Å². The second kappa shape index (κ2) is 9.22. The van der Waals surface area contributed by atoms with Crippen molar-refractivity contribution in [1.29, 1.82) is 0 Å². The third-order valence-electron chi connectivity index (χ3n) is 3.09. The van der Waals surface area contributed by atoms with Crippen LogP contribution in [0.5, 0.6) is 5.75 Å². The molecule has 1 amide bonds. The van der Waals surface area contributed by atoms with Crippen LogP contribution in [-0.2, 0) is 14.3 Å². The summed E-state index contributed by atoms with van der Waals surface area (Å²) in [6, 6.07) is 12.6. The van der Waals surface area contributed by atoms with Crippen LogP contribution < -0.4 is 10.1 Å². The fourth-order valence-electron chi connectivity index (χ4n) is 1.96. The fraction of sp³-hybridized carbons (Fsp3) is 0.158. The van der Waals surface area contributed by atoms with E-state index < -0.39 is 18.5 Å². The SMILES string of the molecule is CCOc1ccccc1NC(=O)COC(=O)C=Cc1ccc(F)cc1. The number of carbonyl (C=O) groups excluding carboxylic acids is 2. The van der Waals surface area contributed by atoms with Crippen molar-refractivity contribution >= 4 is 23.6 Å². The molecule has 6 heteroatoms. The van der Waals surface area contributed by atoms with E-state index >= 15 is 0 Å². The zero-order valence-electron chi connectivity index (χ0n) is 13.7. The Hall–Kier alpha value is -3.15. The smallest absolute Gasteiger partial charge is 0.331 e. The molecule has 0 saturated heterocycles. The van der Waals surface area contributed by atoms with Gasteiger partial charge in [-0.15, -0.1) is 0 Å². The van der Waals surface area contributed by atoms with Gasteiger partial charge in [0.25, 0.3) is 5.91 Å². The highest BCUT2D eigenvalue weighted by atomic mass is 19.1. The number of hydrogen-bond acceptors (Lipinski definition) is 4. The quantitative estimate of drug-likeness (QED) is 0.618. The molecule has 0 aliphatic heterocycles. The van der Waals surface area contributed by atoms with E-state index in [0.29, 0.717) is 23.6 Å². The number of esters is 1. The van der Waals surface area contributed by atoms with Crippen molar-refractivity contribution in [1.82, 2.24) is 0 Å². The molecule has 0 spiro atoms. The minimum atomic E-state index is -0.669. The number of carbonyl (C=O) groups is 2. The number of benzene rings is 2. The van der Waals surface area contributed by atoms with E-state index in [4.69, 9.17) is 9.47 Å². The van der Waals surface area contributed by atoms with Crippen molar-refractivity contribution in [3.8, 4) is 5.75 Å². The monoisotopic (exact) mass is 343 g/mol. The van der Waals surface area contributed by atoms with Crippen LogP contribution in [-0.4, -0.2) is 25.1 Å². The van der Waals surface area contributed by atoms with Gasteiger partial charge in [0.15, 0.2) is 6.61 Å². The van der Waals surface area contributed by atoms with E-state index in [-0.39, 0.29) is 5.82 Å². The number of hydrogen-bond donors (Lipinski definition) is 1. The van der Waals surface area contributed by atoms with Crippen molar-refractivity contribution in [3.05, 3.63) is 66.0 Å². The maximum Gasteiger partial charge on any atom is 0.331 e. The molecule has 0 aliphatic rings. The summed E-state index contributed by atoms with van der Waals surface area (Å²) < 4.78 is 23.0. The lowest BCUT2D eigenvalue weighted by Crippen LogP contribution is -2.20. The van der Waals surface area contributed by atoms with Crippen LogP contribution in [0.25, 0.3) is 6.08 Å². The number of halogens is 1. The van der Waals surface area contributed by atoms with Crippen LogP contribution in [0.2, 0.25) is 0 Å². The zero-order valence-corrected chi connectivity index (χ0v) is 13.7. The van der Waals surface area contributed by atoms with Gasteiger partial charge in [0.05, 0.1) is 12.3 Å². The molecule has 0 heterocycles. The molecule has 2 aromatic carbocycles. The molecule has 0 unspecified atom stereocenters. The molecule has 2 aromatic rings. The number of amides is 1. The van der Waals surface area contributed by atoms with Crippen LogP contribution in [0.15, 0.2) is 54.6 Å². The lowest BCUT2D eigenvalue weighted by Gasteiger charge is -2.11. The summed E-state index contributed by atoms with van der Waals surface area (Å²) in [4.78, 5) is 23.5. The van der Waals surface area contributed by atoms with Gasteiger partial charge in [0, 0.05) is 6.08 Å². The van der Waals surface area contributed by atoms with E-state index in [1.54, 1.807) is 24.3 Å². The number of nitrogens with one attached hydrogen (secondary N) is 1. The average molecular weight is 343 g/mol. The number of para-hydroxylation sites is 2. The van der Waals surface area contributed by atoms with E-state index in [9.17, 15) is 14.0 Å². The fourth-order valence-corrected chi connectivity index (χ4v) is 1.96. The second-order valence-electron chi connectivity index (χ2n) is 4.97. The summed E-state index contributed by atoms with van der Waals surface area (Å²) in [5.74, 6) is -0.960. The van der Waals surface area contributed by atoms with Gasteiger partial charge in [-0.25, -0.2) is 9.18 Å². The van der Waals surface area contributed by atoms with Crippen LogP contribution in [0, 0.1) is 5.82 Å². The van der Waals surface area contributed by atoms with Crippen LogP contribution >= 0.6 is 0 Å². The van der Waals surface area contributed by atoms with Crippen molar-refractivity contribution in [2.24, 2.45) is 0 Å². The summed E-state index contributed by atoms with van der Waals surface area (Å²) >= 11 is 0. The van der Waals surface area contributed by atoms with Gasteiger partial charge in [-0.2, -0.15) is 0 Å². The predicted octanol–water partition coefficient (Wildman–Crippen LogP) is 3.42.